The van der Waals surface area contributed by atoms with E-state index in [9.17, 15) is 19.5 Å². The van der Waals surface area contributed by atoms with Crippen LogP contribution in [0.3, 0.4) is 0 Å². The Hall–Kier alpha value is -3.74. The Labute approximate surface area is 218 Å². The van der Waals surface area contributed by atoms with E-state index in [2.05, 4.69) is 42.3 Å². The number of carbonyl (C=O) groups excluding carboxylic acids is 2. The van der Waals surface area contributed by atoms with E-state index in [1.165, 1.54) is 5.56 Å². The Kier molecular flexibility index (Phi) is 7.91. The lowest BCUT2D eigenvalue weighted by Gasteiger charge is -2.25. The number of benzene rings is 1. The number of carbonyl (C=O) groups is 3. The molecular weight excluding hydrogens is 466 g/mol. The van der Waals surface area contributed by atoms with Crippen LogP contribution in [0.25, 0.3) is 6.08 Å². The second-order valence-electron chi connectivity index (χ2n) is 10.3. The lowest BCUT2D eigenvalue weighted by Crippen LogP contribution is -2.49. The van der Waals surface area contributed by atoms with Crippen molar-refractivity contribution in [3.05, 3.63) is 77.0 Å². The average Bonchev–Trinajstić information content (AvgIpc) is 3.28. The number of nitrogens with zero attached hydrogens (tertiary/aromatic N) is 1. The highest BCUT2D eigenvalue weighted by Crippen LogP contribution is 2.61. The first-order valence-electron chi connectivity index (χ1n) is 12.9. The SMILES string of the molecule is C=Cc1cccc(CCCCC2=NC(C)=C(C(=O)N[C@@H](CNC(=O)C3=CC=CC3)C(=O)O)C3(C)CC23)c1. The number of aliphatic imine (C=N–C) groups is 1. The molecule has 2 amide bonds. The van der Waals surface area contributed by atoms with Crippen LogP contribution in [-0.4, -0.2) is 41.2 Å². The monoisotopic (exact) mass is 501 g/mol. The first-order valence-corrected chi connectivity index (χ1v) is 12.9. The third-order valence-electron chi connectivity index (χ3n) is 7.58. The number of hydrogen-bond donors (Lipinski definition) is 3. The van der Waals surface area contributed by atoms with Gasteiger partial charge in [0.05, 0.1) is 0 Å². The third kappa shape index (κ3) is 5.98. The van der Waals surface area contributed by atoms with E-state index in [4.69, 9.17) is 4.99 Å². The Morgan fingerprint density at radius 3 is 2.73 bits per heavy atom. The Bertz CT molecular complexity index is 1240. The summed E-state index contributed by atoms with van der Waals surface area (Å²) in [4.78, 5) is 42.0. The quantitative estimate of drug-likeness (QED) is 0.370. The van der Waals surface area contributed by atoms with Gasteiger partial charge in [0.2, 0.25) is 11.8 Å². The standard InChI is InChI=1S/C30H35N3O4/c1-4-20-11-9-12-21(16-20)10-5-8-15-24-23-17-30(23,3)26(19(2)32-24)28(35)33-25(29(36)37)18-31-27(34)22-13-6-7-14-22/h4,6-7,9,11-13,16,23,25H,1,5,8,10,14-15,17-18H2,2-3H3,(H,31,34)(H,33,35)(H,36,37)/t23?,25-,30?/m0/s1. The van der Waals surface area contributed by atoms with Crippen LogP contribution in [0.5, 0.6) is 0 Å². The van der Waals surface area contributed by atoms with E-state index >= 15 is 0 Å². The predicted octanol–water partition coefficient (Wildman–Crippen LogP) is 4.37. The van der Waals surface area contributed by atoms with Crippen LogP contribution < -0.4 is 10.6 Å². The number of aryl methyl sites for hydroxylation is 1. The van der Waals surface area contributed by atoms with E-state index in [-0.39, 0.29) is 23.8 Å². The fraction of sp³-hybridized carbons (Fsp3) is 0.400. The maximum absolute atomic E-state index is 13.2. The van der Waals surface area contributed by atoms with Crippen molar-refractivity contribution in [3.63, 3.8) is 0 Å². The fourth-order valence-corrected chi connectivity index (χ4v) is 5.41. The van der Waals surface area contributed by atoms with Crippen molar-refractivity contribution in [2.45, 2.75) is 58.4 Å². The summed E-state index contributed by atoms with van der Waals surface area (Å²) in [5.74, 6) is -1.72. The maximum atomic E-state index is 13.2. The van der Waals surface area contributed by atoms with Gasteiger partial charge in [0.15, 0.2) is 0 Å². The van der Waals surface area contributed by atoms with Gasteiger partial charge in [-0.25, -0.2) is 4.79 Å². The van der Waals surface area contributed by atoms with Crippen LogP contribution in [0.2, 0.25) is 0 Å². The summed E-state index contributed by atoms with van der Waals surface area (Å²) in [6, 6.07) is 7.18. The second-order valence-corrected chi connectivity index (χ2v) is 10.3. The molecule has 2 unspecified atom stereocenters. The van der Waals surface area contributed by atoms with Crippen molar-refractivity contribution in [3.8, 4) is 0 Å². The number of carboxylic acids is 1. The highest BCUT2D eigenvalue weighted by Gasteiger charge is 2.59. The number of aliphatic carboxylic acids is 1. The van der Waals surface area contributed by atoms with Gasteiger partial charge in [-0.15, -0.1) is 0 Å². The highest BCUT2D eigenvalue weighted by atomic mass is 16.4. The van der Waals surface area contributed by atoms with Gasteiger partial charge in [0.1, 0.15) is 6.04 Å². The van der Waals surface area contributed by atoms with Gasteiger partial charge in [0, 0.05) is 40.4 Å². The number of allylic oxidation sites excluding steroid dienone is 4. The molecule has 37 heavy (non-hydrogen) atoms. The molecule has 1 aromatic carbocycles. The smallest absolute Gasteiger partial charge is 0.328 e. The molecule has 1 aromatic rings. The molecular formula is C30H35N3O4. The van der Waals surface area contributed by atoms with E-state index in [1.54, 1.807) is 12.2 Å². The minimum atomic E-state index is -1.22. The average molecular weight is 502 g/mol. The molecule has 0 radical (unpaired) electrons. The van der Waals surface area contributed by atoms with E-state index < -0.39 is 17.9 Å². The van der Waals surface area contributed by atoms with Crippen molar-refractivity contribution in [2.24, 2.45) is 16.3 Å². The Morgan fingerprint density at radius 2 is 2.03 bits per heavy atom. The normalized spacial score (nSPS) is 22.5. The van der Waals surface area contributed by atoms with Gasteiger partial charge in [-0.2, -0.15) is 0 Å². The van der Waals surface area contributed by atoms with E-state index in [1.807, 2.05) is 25.1 Å². The second kappa shape index (κ2) is 11.1. The molecule has 4 rings (SSSR count). The van der Waals surface area contributed by atoms with Gasteiger partial charge in [0.25, 0.3) is 0 Å². The lowest BCUT2D eigenvalue weighted by atomic mass is 9.87. The summed E-state index contributed by atoms with van der Waals surface area (Å²) >= 11 is 0. The summed E-state index contributed by atoms with van der Waals surface area (Å²) in [6.45, 7) is 7.53. The molecule has 1 aliphatic heterocycles. The van der Waals surface area contributed by atoms with Crippen LogP contribution in [0.15, 0.2) is 70.9 Å². The highest BCUT2D eigenvalue weighted by molar-refractivity contribution is 6.04. The zero-order valence-electron chi connectivity index (χ0n) is 21.5. The fourth-order valence-electron chi connectivity index (χ4n) is 5.41. The van der Waals surface area contributed by atoms with Gasteiger partial charge >= 0.3 is 5.97 Å². The molecule has 7 nitrogen and oxygen atoms in total. The van der Waals surface area contributed by atoms with Crippen molar-refractivity contribution < 1.29 is 19.5 Å². The molecule has 3 atom stereocenters. The first kappa shape index (κ1) is 26.3. The zero-order chi connectivity index (χ0) is 26.6. The molecule has 194 valence electrons. The van der Waals surface area contributed by atoms with Gasteiger partial charge in [-0.1, -0.05) is 62.1 Å². The third-order valence-corrected chi connectivity index (χ3v) is 7.58. The molecule has 0 saturated heterocycles. The molecule has 3 aliphatic rings. The molecule has 0 bridgehead atoms. The van der Waals surface area contributed by atoms with Crippen LogP contribution in [0, 0.1) is 11.3 Å². The molecule has 1 fully saturated rings. The summed E-state index contributed by atoms with van der Waals surface area (Å²) < 4.78 is 0. The van der Waals surface area contributed by atoms with Crippen molar-refractivity contribution in [2.75, 3.05) is 6.54 Å². The van der Waals surface area contributed by atoms with Crippen molar-refractivity contribution in [1.29, 1.82) is 0 Å². The van der Waals surface area contributed by atoms with E-state index in [0.717, 1.165) is 43.4 Å². The van der Waals surface area contributed by atoms with Crippen LogP contribution >= 0.6 is 0 Å². The topological polar surface area (TPSA) is 108 Å². The summed E-state index contributed by atoms with van der Waals surface area (Å²) in [7, 11) is 0. The van der Waals surface area contributed by atoms with Crippen molar-refractivity contribution in [1.82, 2.24) is 10.6 Å². The van der Waals surface area contributed by atoms with Crippen LogP contribution in [-0.2, 0) is 20.8 Å². The van der Waals surface area contributed by atoms with Crippen LogP contribution in [0.4, 0.5) is 0 Å². The Balaban J connectivity index is 1.34. The van der Waals surface area contributed by atoms with Gasteiger partial charge in [-0.3, -0.25) is 14.6 Å². The lowest BCUT2D eigenvalue weighted by molar-refractivity contribution is -0.141. The minimum Gasteiger partial charge on any atom is -0.480 e. The van der Waals surface area contributed by atoms with Crippen LogP contribution in [0.1, 0.15) is 57.1 Å². The number of fused-ring (bicyclic) bond motifs is 1. The molecule has 7 heteroatoms. The Morgan fingerprint density at radius 1 is 1.24 bits per heavy atom. The maximum Gasteiger partial charge on any atom is 0.328 e. The predicted molar refractivity (Wildman–Crippen MR) is 145 cm³/mol. The number of amides is 2. The summed E-state index contributed by atoms with van der Waals surface area (Å²) in [5, 5.41) is 14.9. The minimum absolute atomic E-state index is 0.187. The number of rotatable bonds is 12. The molecule has 1 saturated carbocycles. The zero-order valence-corrected chi connectivity index (χ0v) is 21.5. The summed E-state index contributed by atoms with van der Waals surface area (Å²) in [6.07, 6.45) is 12.5. The number of carboxylic acid groups (broad SMARTS) is 1. The molecule has 0 aromatic heterocycles. The molecule has 1 heterocycles. The number of hydrogen-bond acceptors (Lipinski definition) is 4. The molecule has 3 N–H and O–H groups in total. The van der Waals surface area contributed by atoms with Crippen molar-refractivity contribution >= 4 is 29.6 Å². The first-order chi connectivity index (χ1) is 17.7. The number of nitrogens with one attached hydrogen (secondary N) is 2. The summed E-state index contributed by atoms with van der Waals surface area (Å²) in [5.41, 5.74) is 5.02. The largest absolute Gasteiger partial charge is 0.480 e. The molecule has 2 aliphatic carbocycles. The number of unbranched alkanes of at least 4 members (excludes halogenated alkanes) is 1. The van der Waals surface area contributed by atoms with Gasteiger partial charge in [-0.05, 0) is 56.6 Å². The molecule has 0 spiro atoms. The van der Waals surface area contributed by atoms with Gasteiger partial charge < -0.3 is 15.7 Å². The van der Waals surface area contributed by atoms with E-state index in [0.29, 0.717) is 23.3 Å².